The van der Waals surface area contributed by atoms with Gasteiger partial charge in [-0.25, -0.2) is 0 Å². The van der Waals surface area contributed by atoms with E-state index in [1.807, 2.05) is 39.0 Å². The van der Waals surface area contributed by atoms with E-state index in [1.165, 1.54) is 6.20 Å². The number of hydrogen-bond donors (Lipinski definition) is 1. The van der Waals surface area contributed by atoms with Crippen LogP contribution in [0.5, 0.6) is 11.6 Å². The van der Waals surface area contributed by atoms with E-state index in [0.717, 1.165) is 21.7 Å². The van der Waals surface area contributed by atoms with E-state index < -0.39 is 0 Å². The summed E-state index contributed by atoms with van der Waals surface area (Å²) in [6.45, 7) is 6.34. The molecule has 0 bridgehead atoms. The second kappa shape index (κ2) is 5.65. The molecule has 0 fully saturated rings. The second-order valence-corrected chi connectivity index (χ2v) is 4.58. The van der Waals surface area contributed by atoms with Crippen LogP contribution >= 0.6 is 0 Å². The summed E-state index contributed by atoms with van der Waals surface area (Å²) in [7, 11) is 0. The molecule has 1 aromatic carbocycles. The van der Waals surface area contributed by atoms with Crippen LogP contribution < -0.4 is 9.47 Å². The van der Waals surface area contributed by atoms with Gasteiger partial charge in [0.25, 0.3) is 0 Å². The predicted octanol–water partition coefficient (Wildman–Crippen LogP) is 2.80. The monoisotopic (exact) mass is 262 g/mol. The van der Waals surface area contributed by atoms with Gasteiger partial charge in [0, 0.05) is 11.6 Å². The van der Waals surface area contributed by atoms with E-state index in [-0.39, 0.29) is 6.10 Å². The first kappa shape index (κ1) is 13.3. The molecule has 2 rings (SSSR count). The Kier molecular flexibility index (Phi) is 3.94. The molecular weight excluding hydrogens is 244 g/mol. The Morgan fingerprint density at radius 2 is 2.11 bits per heavy atom. The topological polar surface area (TPSA) is 56.5 Å². The van der Waals surface area contributed by atoms with Crippen LogP contribution in [0.25, 0.3) is 0 Å². The minimum Gasteiger partial charge on any atom is -0.491 e. The normalized spacial score (nSPS) is 10.7. The number of hydrogen-bond acceptors (Lipinski definition) is 4. The molecule has 102 valence electrons. The van der Waals surface area contributed by atoms with Gasteiger partial charge in [0.05, 0.1) is 12.3 Å². The van der Waals surface area contributed by atoms with Crippen molar-refractivity contribution >= 4 is 0 Å². The summed E-state index contributed by atoms with van der Waals surface area (Å²) in [4.78, 5) is 0.721. The molecule has 2 aromatic rings. The fourth-order valence-electron chi connectivity index (χ4n) is 1.75. The summed E-state index contributed by atoms with van der Waals surface area (Å²) < 4.78 is 11.3. The number of aryl methyl sites for hydroxylation is 1. The molecule has 0 saturated carbocycles. The summed E-state index contributed by atoms with van der Waals surface area (Å²) in [5.41, 5.74) is 2.09. The molecule has 0 aliphatic rings. The zero-order valence-electron chi connectivity index (χ0n) is 11.3. The molecule has 0 amide bonds. The van der Waals surface area contributed by atoms with E-state index in [0.29, 0.717) is 12.5 Å². The molecule has 0 aliphatic carbocycles. The summed E-state index contributed by atoms with van der Waals surface area (Å²) in [5, 5.41) is 12.8. The Labute approximate surface area is 112 Å². The van der Waals surface area contributed by atoms with E-state index in [1.54, 1.807) is 6.07 Å². The SMILES string of the molecule is Cc1cccc(OC(C)C)c1COc1ccn(O)n1. The van der Waals surface area contributed by atoms with Crippen molar-refractivity contribution in [3.05, 3.63) is 41.6 Å². The average Bonchev–Trinajstić information content (AvgIpc) is 2.73. The lowest BCUT2D eigenvalue weighted by Gasteiger charge is -2.16. The van der Waals surface area contributed by atoms with Crippen molar-refractivity contribution in [2.75, 3.05) is 0 Å². The van der Waals surface area contributed by atoms with Gasteiger partial charge in [0.1, 0.15) is 12.4 Å². The van der Waals surface area contributed by atoms with Gasteiger partial charge in [-0.2, -0.15) is 0 Å². The molecule has 0 saturated heterocycles. The Balaban J connectivity index is 2.14. The summed E-state index contributed by atoms with van der Waals surface area (Å²) >= 11 is 0. The van der Waals surface area contributed by atoms with Crippen LogP contribution in [0.2, 0.25) is 0 Å². The van der Waals surface area contributed by atoms with Crippen LogP contribution in [0.1, 0.15) is 25.0 Å². The maximum absolute atomic E-state index is 9.08. The first-order chi connectivity index (χ1) is 9.06. The highest BCUT2D eigenvalue weighted by atomic mass is 16.5. The summed E-state index contributed by atoms with van der Waals surface area (Å²) in [6, 6.07) is 7.49. The van der Waals surface area contributed by atoms with Crippen molar-refractivity contribution in [1.29, 1.82) is 0 Å². The lowest BCUT2D eigenvalue weighted by atomic mass is 10.1. The number of ether oxygens (including phenoxy) is 2. The molecule has 1 heterocycles. The minimum atomic E-state index is 0.109. The fourth-order valence-corrected chi connectivity index (χ4v) is 1.75. The van der Waals surface area contributed by atoms with E-state index in [4.69, 9.17) is 14.7 Å². The Hall–Kier alpha value is -2.17. The molecule has 19 heavy (non-hydrogen) atoms. The standard InChI is InChI=1S/C14H18N2O3/c1-10(2)19-13-6-4-5-11(3)12(13)9-18-14-7-8-16(17)15-14/h4-8,10,17H,9H2,1-3H3. The highest BCUT2D eigenvalue weighted by Gasteiger charge is 2.10. The fraction of sp³-hybridized carbons (Fsp3) is 0.357. The maximum Gasteiger partial charge on any atom is 0.236 e. The smallest absolute Gasteiger partial charge is 0.236 e. The highest BCUT2D eigenvalue weighted by molar-refractivity contribution is 5.39. The van der Waals surface area contributed by atoms with Gasteiger partial charge in [0.15, 0.2) is 0 Å². The first-order valence-corrected chi connectivity index (χ1v) is 6.19. The van der Waals surface area contributed by atoms with Crippen LogP contribution in [-0.4, -0.2) is 21.3 Å². The van der Waals surface area contributed by atoms with Crippen molar-refractivity contribution in [3.63, 3.8) is 0 Å². The van der Waals surface area contributed by atoms with Gasteiger partial charge in [-0.3, -0.25) is 0 Å². The van der Waals surface area contributed by atoms with E-state index in [9.17, 15) is 0 Å². The third-order valence-electron chi connectivity index (χ3n) is 2.65. The minimum absolute atomic E-state index is 0.109. The van der Waals surface area contributed by atoms with Crippen molar-refractivity contribution in [2.45, 2.75) is 33.5 Å². The van der Waals surface area contributed by atoms with Crippen LogP contribution in [-0.2, 0) is 6.61 Å². The molecule has 0 spiro atoms. The van der Waals surface area contributed by atoms with Crippen molar-refractivity contribution in [2.24, 2.45) is 0 Å². The van der Waals surface area contributed by atoms with E-state index in [2.05, 4.69) is 5.10 Å². The number of aromatic nitrogens is 2. The Morgan fingerprint density at radius 1 is 1.32 bits per heavy atom. The third-order valence-corrected chi connectivity index (χ3v) is 2.65. The van der Waals surface area contributed by atoms with Crippen LogP contribution in [0.15, 0.2) is 30.5 Å². The van der Waals surface area contributed by atoms with Crippen molar-refractivity contribution in [1.82, 2.24) is 9.94 Å². The van der Waals surface area contributed by atoms with Gasteiger partial charge in [-0.15, -0.1) is 4.85 Å². The molecule has 1 N–H and O–H groups in total. The third kappa shape index (κ3) is 3.40. The molecule has 5 nitrogen and oxygen atoms in total. The van der Waals surface area contributed by atoms with Crippen molar-refractivity contribution < 1.29 is 14.7 Å². The van der Waals surface area contributed by atoms with Crippen LogP contribution in [0.4, 0.5) is 0 Å². The molecule has 0 aliphatic heterocycles. The van der Waals surface area contributed by atoms with E-state index >= 15 is 0 Å². The van der Waals surface area contributed by atoms with Gasteiger partial charge in [-0.05, 0) is 32.4 Å². The average molecular weight is 262 g/mol. The molecule has 0 atom stereocenters. The predicted molar refractivity (Wildman–Crippen MR) is 70.7 cm³/mol. The van der Waals surface area contributed by atoms with Crippen LogP contribution in [0.3, 0.4) is 0 Å². The first-order valence-electron chi connectivity index (χ1n) is 6.19. The zero-order valence-corrected chi connectivity index (χ0v) is 11.3. The van der Waals surface area contributed by atoms with Gasteiger partial charge in [-0.1, -0.05) is 17.2 Å². The molecule has 1 aromatic heterocycles. The Bertz CT molecular complexity index is 549. The molecule has 5 heteroatoms. The number of benzene rings is 1. The molecule has 0 radical (unpaired) electrons. The maximum atomic E-state index is 9.08. The lowest BCUT2D eigenvalue weighted by Crippen LogP contribution is -2.09. The second-order valence-electron chi connectivity index (χ2n) is 4.58. The van der Waals surface area contributed by atoms with Gasteiger partial charge >= 0.3 is 0 Å². The molecular formula is C14H18N2O3. The molecule has 0 unspecified atom stereocenters. The van der Waals surface area contributed by atoms with Crippen LogP contribution in [0, 0.1) is 6.92 Å². The summed E-state index contributed by atoms with van der Waals surface area (Å²) in [6.07, 6.45) is 1.52. The lowest BCUT2D eigenvalue weighted by molar-refractivity contribution is 0.141. The Morgan fingerprint density at radius 3 is 2.74 bits per heavy atom. The van der Waals surface area contributed by atoms with Gasteiger partial charge in [0.2, 0.25) is 5.88 Å². The highest BCUT2D eigenvalue weighted by Crippen LogP contribution is 2.24. The number of nitrogens with zero attached hydrogens (tertiary/aromatic N) is 2. The quantitative estimate of drug-likeness (QED) is 0.842. The largest absolute Gasteiger partial charge is 0.491 e. The summed E-state index contributed by atoms with van der Waals surface area (Å²) in [5.74, 6) is 1.19. The zero-order chi connectivity index (χ0) is 13.8. The van der Waals surface area contributed by atoms with Gasteiger partial charge < -0.3 is 14.7 Å². The number of rotatable bonds is 5. The van der Waals surface area contributed by atoms with Crippen molar-refractivity contribution in [3.8, 4) is 11.6 Å².